The molecule has 0 saturated heterocycles. The van der Waals surface area contributed by atoms with Crippen molar-refractivity contribution < 1.29 is 13.2 Å². The van der Waals surface area contributed by atoms with E-state index in [9.17, 15) is 13.2 Å². The molecule has 1 fully saturated rings. The predicted molar refractivity (Wildman–Crippen MR) is 70.6 cm³/mol. The Balaban J connectivity index is 2.35. The van der Waals surface area contributed by atoms with E-state index < -0.39 is 18.0 Å². The van der Waals surface area contributed by atoms with E-state index in [-0.39, 0.29) is 12.3 Å². The van der Waals surface area contributed by atoms with Gasteiger partial charge in [0.15, 0.2) is 0 Å². The van der Waals surface area contributed by atoms with Gasteiger partial charge in [-0.15, -0.1) is 21.8 Å². The van der Waals surface area contributed by atoms with Gasteiger partial charge in [0.2, 0.25) is 0 Å². The Morgan fingerprint density at radius 3 is 2.55 bits per heavy atom. The molecule has 1 aromatic rings. The summed E-state index contributed by atoms with van der Waals surface area (Å²) in [6, 6.07) is 0. The van der Waals surface area contributed by atoms with E-state index in [1.165, 1.54) is 0 Å². The van der Waals surface area contributed by atoms with Gasteiger partial charge in [0.05, 0.1) is 11.8 Å². The maximum Gasteiger partial charge on any atom is 0.392 e. The van der Waals surface area contributed by atoms with Crippen molar-refractivity contribution >= 4 is 11.6 Å². The van der Waals surface area contributed by atoms with E-state index in [0.717, 1.165) is 12.8 Å². The SMILES string of the molecule is CCCn1c(CCl)nnc1C1CCCCC1C(F)(F)F. The maximum absolute atomic E-state index is 13.2. The molecule has 0 aliphatic heterocycles. The van der Waals surface area contributed by atoms with Crippen LogP contribution in [0, 0.1) is 5.92 Å². The molecule has 3 nitrogen and oxygen atoms in total. The average molecular weight is 310 g/mol. The molecular weight excluding hydrogens is 291 g/mol. The van der Waals surface area contributed by atoms with Gasteiger partial charge in [-0.1, -0.05) is 19.8 Å². The maximum atomic E-state index is 13.2. The van der Waals surface area contributed by atoms with Gasteiger partial charge in [-0.25, -0.2) is 0 Å². The minimum Gasteiger partial charge on any atom is -0.314 e. The summed E-state index contributed by atoms with van der Waals surface area (Å²) < 4.78 is 41.4. The van der Waals surface area contributed by atoms with Crippen molar-refractivity contribution in [2.24, 2.45) is 5.92 Å². The van der Waals surface area contributed by atoms with Gasteiger partial charge in [0.25, 0.3) is 0 Å². The van der Waals surface area contributed by atoms with E-state index in [4.69, 9.17) is 11.6 Å². The highest BCUT2D eigenvalue weighted by Gasteiger charge is 2.47. The minimum atomic E-state index is -4.17. The molecule has 1 aliphatic carbocycles. The zero-order chi connectivity index (χ0) is 14.8. The smallest absolute Gasteiger partial charge is 0.314 e. The summed E-state index contributed by atoms with van der Waals surface area (Å²) >= 11 is 5.80. The lowest BCUT2D eigenvalue weighted by Gasteiger charge is -2.32. The molecule has 1 aromatic heterocycles. The van der Waals surface area contributed by atoms with Crippen LogP contribution in [0.5, 0.6) is 0 Å². The molecule has 2 atom stereocenters. The lowest BCUT2D eigenvalue weighted by molar-refractivity contribution is -0.188. The van der Waals surface area contributed by atoms with Crippen LogP contribution < -0.4 is 0 Å². The largest absolute Gasteiger partial charge is 0.392 e. The summed E-state index contributed by atoms with van der Waals surface area (Å²) in [4.78, 5) is 0. The third-order valence-electron chi connectivity index (χ3n) is 3.94. The second-order valence-electron chi connectivity index (χ2n) is 5.30. The predicted octanol–water partition coefficient (Wildman–Crippen LogP) is 4.26. The van der Waals surface area contributed by atoms with Crippen molar-refractivity contribution in [3.8, 4) is 0 Å². The molecule has 0 amide bonds. The number of halogens is 4. The Morgan fingerprint density at radius 2 is 1.95 bits per heavy atom. The second kappa shape index (κ2) is 6.33. The fourth-order valence-electron chi connectivity index (χ4n) is 3.02. The van der Waals surface area contributed by atoms with Crippen LogP contribution in [-0.4, -0.2) is 20.9 Å². The number of hydrogen-bond donors (Lipinski definition) is 0. The first-order chi connectivity index (χ1) is 9.49. The fourth-order valence-corrected chi connectivity index (χ4v) is 3.22. The number of alkyl halides is 4. The minimum absolute atomic E-state index is 0.177. The van der Waals surface area contributed by atoms with Gasteiger partial charge in [-0.2, -0.15) is 13.2 Å². The summed E-state index contributed by atoms with van der Waals surface area (Å²) in [6.45, 7) is 2.59. The van der Waals surface area contributed by atoms with E-state index in [2.05, 4.69) is 10.2 Å². The van der Waals surface area contributed by atoms with Crippen molar-refractivity contribution in [2.45, 2.75) is 63.5 Å². The van der Waals surface area contributed by atoms with E-state index in [1.807, 2.05) is 6.92 Å². The fraction of sp³-hybridized carbons (Fsp3) is 0.846. The summed E-state index contributed by atoms with van der Waals surface area (Å²) in [7, 11) is 0. The first-order valence-electron chi connectivity index (χ1n) is 7.03. The lowest BCUT2D eigenvalue weighted by atomic mass is 9.78. The van der Waals surface area contributed by atoms with Crippen LogP contribution in [0.4, 0.5) is 13.2 Å². The molecule has 0 bridgehead atoms. The van der Waals surface area contributed by atoms with Crippen molar-refractivity contribution in [2.75, 3.05) is 0 Å². The van der Waals surface area contributed by atoms with Gasteiger partial charge >= 0.3 is 6.18 Å². The third kappa shape index (κ3) is 3.10. The molecule has 0 radical (unpaired) electrons. The molecule has 2 rings (SSSR count). The van der Waals surface area contributed by atoms with E-state index in [0.29, 0.717) is 31.0 Å². The molecule has 0 spiro atoms. The Kier molecular flexibility index (Phi) is 4.94. The van der Waals surface area contributed by atoms with Gasteiger partial charge < -0.3 is 4.57 Å². The number of nitrogens with zero attached hydrogens (tertiary/aromatic N) is 3. The Labute approximate surface area is 121 Å². The van der Waals surface area contributed by atoms with Gasteiger partial charge in [-0.05, 0) is 19.3 Å². The molecular formula is C13H19ClF3N3. The first-order valence-corrected chi connectivity index (χ1v) is 7.57. The summed E-state index contributed by atoms with van der Waals surface area (Å²) in [6.07, 6.45) is -1.21. The van der Waals surface area contributed by atoms with Crippen LogP contribution in [-0.2, 0) is 12.4 Å². The molecule has 0 N–H and O–H groups in total. The number of aromatic nitrogens is 3. The summed E-state index contributed by atoms with van der Waals surface area (Å²) in [5.41, 5.74) is 0. The lowest BCUT2D eigenvalue weighted by Crippen LogP contribution is -2.33. The zero-order valence-electron chi connectivity index (χ0n) is 11.5. The topological polar surface area (TPSA) is 30.7 Å². The molecule has 20 heavy (non-hydrogen) atoms. The molecule has 7 heteroatoms. The highest BCUT2D eigenvalue weighted by molar-refractivity contribution is 6.16. The van der Waals surface area contributed by atoms with Crippen LogP contribution in [0.25, 0.3) is 0 Å². The van der Waals surface area contributed by atoms with Crippen LogP contribution >= 0.6 is 11.6 Å². The van der Waals surface area contributed by atoms with Crippen molar-refractivity contribution in [3.63, 3.8) is 0 Å². The Morgan fingerprint density at radius 1 is 1.25 bits per heavy atom. The number of rotatable bonds is 4. The third-order valence-corrected chi connectivity index (χ3v) is 4.18. The molecule has 1 saturated carbocycles. The van der Waals surface area contributed by atoms with Crippen LogP contribution in [0.2, 0.25) is 0 Å². The van der Waals surface area contributed by atoms with Crippen molar-refractivity contribution in [1.82, 2.24) is 14.8 Å². The van der Waals surface area contributed by atoms with Crippen LogP contribution in [0.3, 0.4) is 0 Å². The highest BCUT2D eigenvalue weighted by Crippen LogP contribution is 2.46. The summed E-state index contributed by atoms with van der Waals surface area (Å²) in [5.74, 6) is -0.685. The molecule has 1 aliphatic rings. The highest BCUT2D eigenvalue weighted by atomic mass is 35.5. The van der Waals surface area contributed by atoms with Crippen LogP contribution in [0.15, 0.2) is 0 Å². The van der Waals surface area contributed by atoms with Gasteiger partial charge in [0, 0.05) is 12.5 Å². The normalized spacial score (nSPS) is 24.1. The Bertz CT molecular complexity index is 445. The monoisotopic (exact) mass is 309 g/mol. The van der Waals surface area contributed by atoms with E-state index >= 15 is 0 Å². The van der Waals surface area contributed by atoms with Crippen LogP contribution in [0.1, 0.15) is 56.6 Å². The van der Waals surface area contributed by atoms with E-state index in [1.54, 1.807) is 4.57 Å². The standard InChI is InChI=1S/C13H19ClF3N3/c1-2-7-20-11(8-14)18-19-12(20)9-5-3-4-6-10(9)13(15,16)17/h9-10H,2-8H2,1H3. The van der Waals surface area contributed by atoms with Gasteiger partial charge in [-0.3, -0.25) is 0 Å². The molecule has 1 heterocycles. The van der Waals surface area contributed by atoms with Gasteiger partial charge in [0.1, 0.15) is 11.6 Å². The molecule has 0 aromatic carbocycles. The molecule has 114 valence electrons. The summed E-state index contributed by atoms with van der Waals surface area (Å²) in [5, 5.41) is 7.98. The quantitative estimate of drug-likeness (QED) is 0.778. The van der Waals surface area contributed by atoms with Crippen molar-refractivity contribution in [3.05, 3.63) is 11.6 Å². The zero-order valence-corrected chi connectivity index (χ0v) is 12.2. The molecule has 2 unspecified atom stereocenters. The number of hydrogen-bond acceptors (Lipinski definition) is 2. The average Bonchev–Trinajstić information content (AvgIpc) is 2.81. The first kappa shape index (κ1) is 15.6. The van der Waals surface area contributed by atoms with Crippen molar-refractivity contribution in [1.29, 1.82) is 0 Å². The second-order valence-corrected chi connectivity index (χ2v) is 5.57. The Hall–Kier alpha value is -0.780.